The third-order valence-electron chi connectivity index (χ3n) is 10.4. The molecule has 6 atom stereocenters. The number of fused-ring (bicyclic) bond motifs is 4. The summed E-state index contributed by atoms with van der Waals surface area (Å²) in [6, 6.07) is 21.8. The number of carbonyl (C=O) groups excluding carboxylic acids is 4. The van der Waals surface area contributed by atoms with E-state index >= 15 is 0 Å². The van der Waals surface area contributed by atoms with Gasteiger partial charge < -0.3 is 5.11 Å². The first-order chi connectivity index (χ1) is 20.7. The van der Waals surface area contributed by atoms with Crippen molar-refractivity contribution >= 4 is 35.0 Å². The van der Waals surface area contributed by atoms with Crippen LogP contribution in [0.5, 0.6) is 5.75 Å². The normalized spacial score (nSPS) is 29.8. The number of phenols is 1. The van der Waals surface area contributed by atoms with E-state index in [9.17, 15) is 24.3 Å². The lowest BCUT2D eigenvalue weighted by Gasteiger charge is -2.49. The van der Waals surface area contributed by atoms with E-state index in [0.717, 1.165) is 23.1 Å². The van der Waals surface area contributed by atoms with Crippen molar-refractivity contribution in [2.45, 2.75) is 46.0 Å². The monoisotopic (exact) mass is 574 g/mol. The molecule has 3 aromatic carbocycles. The van der Waals surface area contributed by atoms with Crippen molar-refractivity contribution in [1.82, 2.24) is 0 Å². The van der Waals surface area contributed by atoms with Gasteiger partial charge in [0.1, 0.15) is 5.75 Å². The van der Waals surface area contributed by atoms with Gasteiger partial charge in [0.25, 0.3) is 0 Å². The number of carbonyl (C=O) groups is 4. The predicted molar refractivity (Wildman–Crippen MR) is 162 cm³/mol. The van der Waals surface area contributed by atoms with Gasteiger partial charge in [0.15, 0.2) is 0 Å². The molecule has 0 aromatic heterocycles. The van der Waals surface area contributed by atoms with Crippen LogP contribution in [0.4, 0.5) is 11.4 Å². The Hall–Kier alpha value is -4.52. The van der Waals surface area contributed by atoms with Gasteiger partial charge in [-0.3, -0.25) is 24.1 Å². The van der Waals surface area contributed by atoms with E-state index in [1.807, 2.05) is 56.3 Å². The summed E-state index contributed by atoms with van der Waals surface area (Å²) in [5.74, 6) is -3.52. The number of amides is 4. The van der Waals surface area contributed by atoms with Crippen LogP contribution in [0.1, 0.15) is 49.3 Å². The van der Waals surface area contributed by atoms with E-state index in [-0.39, 0.29) is 35.3 Å². The van der Waals surface area contributed by atoms with Gasteiger partial charge in [-0.1, -0.05) is 61.0 Å². The number of benzene rings is 3. The molecule has 3 fully saturated rings. The van der Waals surface area contributed by atoms with Crippen molar-refractivity contribution in [3.63, 3.8) is 0 Å². The first kappa shape index (κ1) is 27.3. The van der Waals surface area contributed by atoms with Crippen LogP contribution in [-0.2, 0) is 25.6 Å². The largest absolute Gasteiger partial charge is 0.508 e. The van der Waals surface area contributed by atoms with Gasteiger partial charge in [-0.05, 0) is 86.1 Å². The second kappa shape index (κ2) is 9.76. The van der Waals surface area contributed by atoms with Crippen LogP contribution in [0.3, 0.4) is 0 Å². The molecule has 3 aromatic rings. The predicted octanol–water partition coefficient (Wildman–Crippen LogP) is 5.70. The summed E-state index contributed by atoms with van der Waals surface area (Å²) in [5, 5.41) is 10.3. The van der Waals surface area contributed by atoms with Crippen molar-refractivity contribution in [2.75, 3.05) is 9.80 Å². The number of imide groups is 2. The minimum Gasteiger partial charge on any atom is -0.508 e. The number of phenolic OH excluding ortho intramolecular Hbond substituents is 1. The summed E-state index contributed by atoms with van der Waals surface area (Å²) in [5.41, 5.74) is 3.53. The SMILES string of the molecule is CCc1ccc(N2C(=O)C3CC=C4C(CC5C(=O)N(c6ccccc6)C(=O)C5(C)C4c4ccc(O)c(C)c4)C3C2=O)cc1. The lowest BCUT2D eigenvalue weighted by molar-refractivity contribution is -0.131. The Balaban J connectivity index is 1.35. The van der Waals surface area contributed by atoms with Crippen molar-refractivity contribution in [3.05, 3.63) is 101 Å². The molecular weight excluding hydrogens is 540 g/mol. The van der Waals surface area contributed by atoms with Gasteiger partial charge >= 0.3 is 0 Å². The second-order valence-electron chi connectivity index (χ2n) is 12.6. The van der Waals surface area contributed by atoms with Gasteiger partial charge in [-0.15, -0.1) is 0 Å². The van der Waals surface area contributed by atoms with Gasteiger partial charge in [0, 0.05) is 5.92 Å². The molecule has 2 saturated heterocycles. The molecule has 4 amide bonds. The number of para-hydroxylation sites is 1. The molecule has 6 unspecified atom stereocenters. The Bertz CT molecular complexity index is 1710. The smallest absolute Gasteiger partial charge is 0.241 e. The second-order valence-corrected chi connectivity index (χ2v) is 12.6. The molecule has 7 heteroatoms. The Kier molecular flexibility index (Phi) is 6.20. The zero-order valence-corrected chi connectivity index (χ0v) is 24.5. The Morgan fingerprint density at radius 3 is 2.21 bits per heavy atom. The molecule has 7 rings (SSSR count). The van der Waals surface area contributed by atoms with E-state index in [4.69, 9.17) is 0 Å². The zero-order chi connectivity index (χ0) is 30.2. The summed E-state index contributed by atoms with van der Waals surface area (Å²) < 4.78 is 0. The quantitative estimate of drug-likeness (QED) is 0.319. The molecule has 1 N–H and O–H groups in total. The number of anilines is 2. The Morgan fingerprint density at radius 1 is 0.837 bits per heavy atom. The van der Waals surface area contributed by atoms with Gasteiger partial charge in [-0.25, -0.2) is 4.90 Å². The first-order valence-electron chi connectivity index (χ1n) is 15.1. The van der Waals surface area contributed by atoms with Gasteiger partial charge in [0.2, 0.25) is 23.6 Å². The molecule has 0 bridgehead atoms. The lowest BCUT2D eigenvalue weighted by atomic mass is 9.51. The molecule has 218 valence electrons. The topological polar surface area (TPSA) is 95.0 Å². The minimum absolute atomic E-state index is 0.150. The number of rotatable bonds is 4. The van der Waals surface area contributed by atoms with E-state index < -0.39 is 29.1 Å². The number of aryl methyl sites for hydroxylation is 2. The standard InChI is InChI=1S/C36H34N2O5/c1-4-21-10-13-24(14-11-21)37-32(40)26-16-15-25-27(30(26)34(37)42)19-28-33(41)38(23-8-6-5-7-9-23)35(43)36(28,3)31(25)22-12-17-29(39)20(2)18-22/h5-15,17-18,26-28,30-31,39H,4,16,19H2,1-3H3. The molecule has 2 aliphatic heterocycles. The van der Waals surface area contributed by atoms with Crippen LogP contribution in [0.2, 0.25) is 0 Å². The number of nitrogens with zero attached hydrogens (tertiary/aromatic N) is 2. The fourth-order valence-corrected chi connectivity index (χ4v) is 8.21. The number of allylic oxidation sites excluding steroid dienone is 2. The van der Waals surface area contributed by atoms with Crippen molar-refractivity contribution in [1.29, 1.82) is 0 Å². The van der Waals surface area contributed by atoms with Crippen LogP contribution in [0.15, 0.2) is 84.4 Å². The molecule has 4 aliphatic rings. The average Bonchev–Trinajstić information content (AvgIpc) is 3.38. The van der Waals surface area contributed by atoms with Crippen molar-refractivity contribution in [3.8, 4) is 5.75 Å². The number of hydrogen-bond acceptors (Lipinski definition) is 5. The third-order valence-corrected chi connectivity index (χ3v) is 10.4. The fourth-order valence-electron chi connectivity index (χ4n) is 8.21. The van der Waals surface area contributed by atoms with Gasteiger partial charge in [-0.2, -0.15) is 0 Å². The highest BCUT2D eigenvalue weighted by molar-refractivity contribution is 6.25. The maximum atomic E-state index is 14.4. The van der Waals surface area contributed by atoms with E-state index in [2.05, 4.69) is 13.0 Å². The average molecular weight is 575 g/mol. The van der Waals surface area contributed by atoms with E-state index in [0.29, 0.717) is 29.8 Å². The van der Waals surface area contributed by atoms with Crippen molar-refractivity contribution < 1.29 is 24.3 Å². The summed E-state index contributed by atoms with van der Waals surface area (Å²) in [7, 11) is 0. The highest BCUT2D eigenvalue weighted by atomic mass is 16.3. The summed E-state index contributed by atoms with van der Waals surface area (Å²) in [6.45, 7) is 5.74. The van der Waals surface area contributed by atoms with Crippen LogP contribution in [-0.4, -0.2) is 28.7 Å². The molecular formula is C36H34N2O5. The molecule has 43 heavy (non-hydrogen) atoms. The molecule has 1 saturated carbocycles. The maximum Gasteiger partial charge on any atom is 0.241 e. The van der Waals surface area contributed by atoms with Crippen LogP contribution in [0.25, 0.3) is 0 Å². The van der Waals surface area contributed by atoms with E-state index in [1.54, 1.807) is 30.3 Å². The maximum absolute atomic E-state index is 14.4. The first-order valence-corrected chi connectivity index (χ1v) is 15.1. The lowest BCUT2D eigenvalue weighted by Crippen LogP contribution is -2.48. The molecule has 2 aliphatic carbocycles. The van der Waals surface area contributed by atoms with Crippen LogP contribution < -0.4 is 9.80 Å². The van der Waals surface area contributed by atoms with Crippen LogP contribution >= 0.6 is 0 Å². The highest BCUT2D eigenvalue weighted by Gasteiger charge is 2.67. The molecule has 0 radical (unpaired) electrons. The zero-order valence-electron chi connectivity index (χ0n) is 24.5. The highest BCUT2D eigenvalue weighted by Crippen LogP contribution is 2.63. The van der Waals surface area contributed by atoms with Crippen molar-refractivity contribution in [2.24, 2.45) is 29.1 Å². The number of hydrogen-bond donors (Lipinski definition) is 1. The minimum atomic E-state index is -1.10. The van der Waals surface area contributed by atoms with E-state index in [1.165, 1.54) is 9.80 Å². The van der Waals surface area contributed by atoms with Crippen LogP contribution in [0, 0.1) is 36.0 Å². The molecule has 7 nitrogen and oxygen atoms in total. The molecule has 2 heterocycles. The Labute approximate surface area is 250 Å². The fraction of sp³-hybridized carbons (Fsp3) is 0.333. The summed E-state index contributed by atoms with van der Waals surface area (Å²) >= 11 is 0. The molecule has 0 spiro atoms. The summed E-state index contributed by atoms with van der Waals surface area (Å²) in [6.07, 6.45) is 3.61. The Morgan fingerprint density at radius 2 is 1.53 bits per heavy atom. The third kappa shape index (κ3) is 3.80. The van der Waals surface area contributed by atoms with Gasteiger partial charge in [0.05, 0.1) is 34.5 Å². The number of aromatic hydroxyl groups is 1. The summed E-state index contributed by atoms with van der Waals surface area (Å²) in [4.78, 5) is 59.2.